The highest BCUT2D eigenvalue weighted by Crippen LogP contribution is 2.27. The highest BCUT2D eigenvalue weighted by Gasteiger charge is 2.04. The first-order valence-electron chi connectivity index (χ1n) is 3.14. The molecule has 0 aromatic heterocycles. The van der Waals surface area contributed by atoms with Crippen molar-refractivity contribution in [3.8, 4) is 5.75 Å². The molecule has 2 heteroatoms. The molecule has 0 aliphatic rings. The Morgan fingerprint density at radius 1 is 1.40 bits per heavy atom. The van der Waals surface area contributed by atoms with Crippen LogP contribution in [0.25, 0.3) is 0 Å². The summed E-state index contributed by atoms with van der Waals surface area (Å²) in [4.78, 5) is 0. The van der Waals surface area contributed by atoms with Gasteiger partial charge in [-0.3, -0.25) is 0 Å². The maximum Gasteiger partial charge on any atom is 0.120 e. The van der Waals surface area contributed by atoms with E-state index in [2.05, 4.69) is 0 Å². The number of hydrogen-bond acceptors (Lipinski definition) is 1. The van der Waals surface area contributed by atoms with E-state index < -0.39 is 0 Å². The fourth-order valence-electron chi connectivity index (χ4n) is 0.824. The molecular weight excluding hydrogens is 148 g/mol. The van der Waals surface area contributed by atoms with E-state index in [1.54, 1.807) is 12.1 Å². The van der Waals surface area contributed by atoms with Crippen molar-refractivity contribution in [2.24, 2.45) is 0 Å². The van der Waals surface area contributed by atoms with E-state index in [9.17, 15) is 5.11 Å². The van der Waals surface area contributed by atoms with Crippen LogP contribution in [0.2, 0.25) is 0 Å². The van der Waals surface area contributed by atoms with Crippen LogP contribution in [-0.2, 0) is 0 Å². The fraction of sp³-hybridized carbons (Fsp3) is 0.250. The average Bonchev–Trinajstić information content (AvgIpc) is 1.88. The summed E-state index contributed by atoms with van der Waals surface area (Å²) in [5, 5.41) is 9.07. The number of hydrogen-bond donors (Lipinski definition) is 1. The predicted molar refractivity (Wildman–Crippen MR) is 42.4 cm³/mol. The van der Waals surface area contributed by atoms with Gasteiger partial charge in [-0.15, -0.1) is 11.6 Å². The van der Waals surface area contributed by atoms with Crippen LogP contribution in [0.15, 0.2) is 24.3 Å². The molecule has 1 N–H and O–H groups in total. The van der Waals surface area contributed by atoms with Gasteiger partial charge in [0.15, 0.2) is 0 Å². The van der Waals surface area contributed by atoms with Gasteiger partial charge in [0, 0.05) is 5.56 Å². The van der Waals surface area contributed by atoms with Crippen LogP contribution >= 0.6 is 11.6 Å². The molecule has 0 fully saturated rings. The highest BCUT2D eigenvalue weighted by molar-refractivity contribution is 6.20. The molecule has 1 unspecified atom stereocenters. The molecular formula is C8H9ClO. The summed E-state index contributed by atoms with van der Waals surface area (Å²) in [7, 11) is 0. The number of alkyl halides is 1. The van der Waals surface area contributed by atoms with E-state index in [1.807, 2.05) is 19.1 Å². The molecule has 1 aromatic carbocycles. The van der Waals surface area contributed by atoms with Crippen LogP contribution in [0.1, 0.15) is 17.9 Å². The Labute approximate surface area is 65.3 Å². The molecule has 0 aliphatic heterocycles. The second-order valence-electron chi connectivity index (χ2n) is 2.17. The zero-order chi connectivity index (χ0) is 7.56. The number of halogens is 1. The van der Waals surface area contributed by atoms with E-state index in [0.717, 1.165) is 5.56 Å². The van der Waals surface area contributed by atoms with E-state index in [-0.39, 0.29) is 11.1 Å². The van der Waals surface area contributed by atoms with Crippen LogP contribution in [0.5, 0.6) is 5.75 Å². The summed E-state index contributed by atoms with van der Waals surface area (Å²) < 4.78 is 0. The van der Waals surface area contributed by atoms with Crippen molar-refractivity contribution in [1.29, 1.82) is 0 Å². The van der Waals surface area contributed by atoms with Crippen LogP contribution < -0.4 is 0 Å². The second kappa shape index (κ2) is 2.93. The van der Waals surface area contributed by atoms with Crippen molar-refractivity contribution in [2.45, 2.75) is 12.3 Å². The minimum Gasteiger partial charge on any atom is -0.508 e. The number of aromatic hydroxyl groups is 1. The zero-order valence-corrected chi connectivity index (χ0v) is 6.47. The van der Waals surface area contributed by atoms with Crippen molar-refractivity contribution in [2.75, 3.05) is 0 Å². The Balaban J connectivity index is 3.03. The van der Waals surface area contributed by atoms with Gasteiger partial charge in [0.1, 0.15) is 5.75 Å². The summed E-state index contributed by atoms with van der Waals surface area (Å²) in [5.41, 5.74) is 0.782. The van der Waals surface area contributed by atoms with Crippen molar-refractivity contribution in [1.82, 2.24) is 0 Å². The summed E-state index contributed by atoms with van der Waals surface area (Å²) in [5.74, 6) is 0.269. The number of phenols is 1. The largest absolute Gasteiger partial charge is 0.508 e. The number of para-hydroxylation sites is 1. The maximum absolute atomic E-state index is 9.20. The molecule has 10 heavy (non-hydrogen) atoms. The van der Waals surface area contributed by atoms with E-state index in [1.165, 1.54) is 0 Å². The van der Waals surface area contributed by atoms with Gasteiger partial charge in [-0.1, -0.05) is 18.2 Å². The first-order chi connectivity index (χ1) is 4.72. The van der Waals surface area contributed by atoms with Gasteiger partial charge in [-0.25, -0.2) is 0 Å². The minimum absolute atomic E-state index is 0.124. The zero-order valence-electron chi connectivity index (χ0n) is 5.71. The Bertz CT molecular complexity index is 220. The summed E-state index contributed by atoms with van der Waals surface area (Å²) >= 11 is 5.75. The van der Waals surface area contributed by atoms with E-state index in [4.69, 9.17) is 11.6 Å². The third-order valence-electron chi connectivity index (χ3n) is 1.37. The molecule has 0 bridgehead atoms. The fourth-order valence-corrected chi connectivity index (χ4v) is 1.01. The summed E-state index contributed by atoms with van der Waals surface area (Å²) in [6.45, 7) is 1.83. The minimum atomic E-state index is -0.124. The lowest BCUT2D eigenvalue weighted by Crippen LogP contribution is -1.82. The SMILES string of the molecule is CC(Cl)c1ccccc1O. The quantitative estimate of drug-likeness (QED) is 0.620. The molecule has 0 radical (unpaired) electrons. The maximum atomic E-state index is 9.20. The van der Waals surface area contributed by atoms with Gasteiger partial charge in [0.2, 0.25) is 0 Å². The first-order valence-corrected chi connectivity index (χ1v) is 3.57. The van der Waals surface area contributed by atoms with Crippen molar-refractivity contribution < 1.29 is 5.11 Å². The number of benzene rings is 1. The lowest BCUT2D eigenvalue weighted by atomic mass is 10.1. The summed E-state index contributed by atoms with van der Waals surface area (Å²) in [6, 6.07) is 7.08. The molecule has 0 heterocycles. The van der Waals surface area contributed by atoms with Crippen molar-refractivity contribution in [3.63, 3.8) is 0 Å². The van der Waals surface area contributed by atoms with Crippen molar-refractivity contribution in [3.05, 3.63) is 29.8 Å². The molecule has 0 saturated carbocycles. The Morgan fingerprint density at radius 3 is 2.40 bits per heavy atom. The van der Waals surface area contributed by atoms with E-state index in [0.29, 0.717) is 0 Å². The summed E-state index contributed by atoms with van der Waals surface area (Å²) in [6.07, 6.45) is 0. The van der Waals surface area contributed by atoms with E-state index >= 15 is 0 Å². The monoisotopic (exact) mass is 156 g/mol. The van der Waals surface area contributed by atoms with Crippen LogP contribution in [-0.4, -0.2) is 5.11 Å². The third-order valence-corrected chi connectivity index (χ3v) is 1.60. The van der Waals surface area contributed by atoms with Crippen LogP contribution in [0.4, 0.5) is 0 Å². The molecule has 1 atom stereocenters. The molecule has 1 rings (SSSR count). The van der Waals surface area contributed by atoms with Gasteiger partial charge in [-0.05, 0) is 13.0 Å². The van der Waals surface area contributed by atoms with Gasteiger partial charge in [-0.2, -0.15) is 0 Å². The predicted octanol–water partition coefficient (Wildman–Crippen LogP) is 2.69. The normalized spacial score (nSPS) is 13.0. The van der Waals surface area contributed by atoms with Crippen LogP contribution in [0.3, 0.4) is 0 Å². The molecule has 0 spiro atoms. The lowest BCUT2D eigenvalue weighted by molar-refractivity contribution is 0.468. The molecule has 1 aromatic rings. The third kappa shape index (κ3) is 1.42. The Kier molecular flexibility index (Phi) is 2.17. The molecule has 0 aliphatic carbocycles. The second-order valence-corrected chi connectivity index (χ2v) is 2.83. The van der Waals surface area contributed by atoms with Crippen LogP contribution in [0, 0.1) is 0 Å². The topological polar surface area (TPSA) is 20.2 Å². The lowest BCUT2D eigenvalue weighted by Gasteiger charge is -2.03. The number of rotatable bonds is 1. The van der Waals surface area contributed by atoms with Crippen molar-refractivity contribution >= 4 is 11.6 Å². The van der Waals surface area contributed by atoms with Gasteiger partial charge in [0.05, 0.1) is 5.38 Å². The van der Waals surface area contributed by atoms with Gasteiger partial charge >= 0.3 is 0 Å². The Hall–Kier alpha value is -0.690. The molecule has 0 amide bonds. The molecule has 54 valence electrons. The highest BCUT2D eigenvalue weighted by atomic mass is 35.5. The number of phenolic OH excluding ortho intramolecular Hbond substituents is 1. The molecule has 0 saturated heterocycles. The standard InChI is InChI=1S/C8H9ClO/c1-6(9)7-4-2-3-5-8(7)10/h2-6,10H,1H3. The van der Waals surface area contributed by atoms with Gasteiger partial charge < -0.3 is 5.11 Å². The Morgan fingerprint density at radius 2 is 2.00 bits per heavy atom. The smallest absolute Gasteiger partial charge is 0.120 e. The average molecular weight is 157 g/mol. The van der Waals surface area contributed by atoms with Gasteiger partial charge in [0.25, 0.3) is 0 Å². The first kappa shape index (κ1) is 7.42. The molecule has 1 nitrogen and oxygen atoms in total.